The van der Waals surface area contributed by atoms with E-state index in [1.165, 1.54) is 0 Å². The maximum absolute atomic E-state index is 10.9. The molecule has 3 aliphatic rings. The topological polar surface area (TPSA) is 40.5 Å². The van der Waals surface area contributed by atoms with Gasteiger partial charge in [0, 0.05) is 11.3 Å². The van der Waals surface area contributed by atoms with Crippen molar-refractivity contribution in [3.63, 3.8) is 0 Å². The summed E-state index contributed by atoms with van der Waals surface area (Å²) in [6.07, 6.45) is 3.34. The monoisotopic (exact) mass is 236 g/mol. The molecule has 0 saturated heterocycles. The first-order valence-electron chi connectivity index (χ1n) is 6.81. The van der Waals surface area contributed by atoms with Crippen LogP contribution in [-0.4, -0.2) is 21.9 Å². The van der Waals surface area contributed by atoms with E-state index in [0.717, 1.165) is 31.3 Å². The molecule has 3 aliphatic carbocycles. The van der Waals surface area contributed by atoms with Gasteiger partial charge in [0.1, 0.15) is 0 Å². The fraction of sp³-hybridized carbons (Fsp3) is 0.867. The largest absolute Gasteiger partial charge is 0.392 e. The van der Waals surface area contributed by atoms with Crippen LogP contribution in [0.1, 0.15) is 46.5 Å². The molecule has 0 unspecified atom stereocenters. The molecular weight excluding hydrogens is 212 g/mol. The van der Waals surface area contributed by atoms with E-state index in [9.17, 15) is 10.2 Å². The van der Waals surface area contributed by atoms with E-state index in [2.05, 4.69) is 27.4 Å². The van der Waals surface area contributed by atoms with Gasteiger partial charge in [0.05, 0.1) is 11.7 Å². The average molecular weight is 236 g/mol. The molecular formula is C15H24O2. The summed E-state index contributed by atoms with van der Waals surface area (Å²) in [6.45, 7) is 10.6. The fourth-order valence-corrected chi connectivity index (χ4v) is 5.15. The lowest BCUT2D eigenvalue weighted by Crippen LogP contribution is -2.46. The third kappa shape index (κ3) is 1.14. The molecule has 0 spiro atoms. The van der Waals surface area contributed by atoms with Crippen molar-refractivity contribution >= 4 is 0 Å². The van der Waals surface area contributed by atoms with Gasteiger partial charge in [0.15, 0.2) is 0 Å². The number of hydrogen-bond donors (Lipinski definition) is 2. The Bertz CT molecular complexity index is 386. The molecule has 0 aromatic rings. The molecule has 3 saturated carbocycles. The fourth-order valence-electron chi connectivity index (χ4n) is 5.15. The van der Waals surface area contributed by atoms with Gasteiger partial charge in [0.2, 0.25) is 0 Å². The van der Waals surface area contributed by atoms with Crippen LogP contribution < -0.4 is 0 Å². The number of rotatable bonds is 0. The van der Waals surface area contributed by atoms with Crippen LogP contribution in [0.15, 0.2) is 12.2 Å². The SMILES string of the molecule is C=C1CC[C@]2(O)C[C@H]3CC(C)(C)[C@H](O)[C@H]3[C@]12C. The summed E-state index contributed by atoms with van der Waals surface area (Å²) in [5, 5.41) is 21.5. The minimum absolute atomic E-state index is 0.0114. The van der Waals surface area contributed by atoms with Crippen molar-refractivity contribution in [1.82, 2.24) is 0 Å². The molecule has 0 aliphatic heterocycles. The van der Waals surface area contributed by atoms with Gasteiger partial charge in [-0.15, -0.1) is 0 Å². The predicted octanol–water partition coefficient (Wildman–Crippen LogP) is 2.50. The summed E-state index contributed by atoms with van der Waals surface area (Å²) in [7, 11) is 0. The van der Waals surface area contributed by atoms with Crippen LogP contribution >= 0.6 is 0 Å². The Balaban J connectivity index is 2.07. The zero-order valence-corrected chi connectivity index (χ0v) is 11.2. The van der Waals surface area contributed by atoms with E-state index >= 15 is 0 Å². The molecule has 2 nitrogen and oxygen atoms in total. The van der Waals surface area contributed by atoms with Crippen molar-refractivity contribution in [1.29, 1.82) is 0 Å². The van der Waals surface area contributed by atoms with E-state index in [1.54, 1.807) is 0 Å². The van der Waals surface area contributed by atoms with Crippen LogP contribution in [0.2, 0.25) is 0 Å². The first-order chi connectivity index (χ1) is 7.72. The Hall–Kier alpha value is -0.340. The first kappa shape index (κ1) is 11.7. The van der Waals surface area contributed by atoms with Crippen LogP contribution in [0.4, 0.5) is 0 Å². The van der Waals surface area contributed by atoms with Gasteiger partial charge < -0.3 is 10.2 Å². The summed E-state index contributed by atoms with van der Waals surface area (Å²) in [4.78, 5) is 0. The Kier molecular flexibility index (Phi) is 2.05. The highest BCUT2D eigenvalue weighted by Gasteiger charge is 2.70. The standard InChI is InChI=1S/C15H24O2/c1-9-5-6-15(17)8-10-7-13(2,3)12(16)11(10)14(9,15)4/h10-12,16-17H,1,5-8H2,2-4H3/t10-,11+,12-,14+,15+/m1/s1. The lowest BCUT2D eigenvalue weighted by molar-refractivity contribution is -0.0677. The molecule has 0 aromatic heterocycles. The highest BCUT2D eigenvalue weighted by atomic mass is 16.3. The van der Waals surface area contributed by atoms with Gasteiger partial charge in [-0.05, 0) is 37.0 Å². The molecule has 5 atom stereocenters. The quantitative estimate of drug-likeness (QED) is 0.634. The van der Waals surface area contributed by atoms with Crippen molar-refractivity contribution in [2.24, 2.45) is 22.7 Å². The highest BCUT2D eigenvalue weighted by Crippen LogP contribution is 2.70. The van der Waals surface area contributed by atoms with Crippen LogP contribution in [0, 0.1) is 22.7 Å². The van der Waals surface area contributed by atoms with Gasteiger partial charge in [0.25, 0.3) is 0 Å². The van der Waals surface area contributed by atoms with Crippen molar-refractivity contribution in [3.05, 3.63) is 12.2 Å². The number of aliphatic hydroxyl groups excluding tert-OH is 1. The summed E-state index contributed by atoms with van der Waals surface area (Å²) in [5.74, 6) is 0.671. The number of aliphatic hydroxyl groups is 2. The molecule has 0 radical (unpaired) electrons. The van der Waals surface area contributed by atoms with Gasteiger partial charge in [-0.3, -0.25) is 0 Å². The average Bonchev–Trinajstić information content (AvgIpc) is 2.65. The third-order valence-electron chi connectivity index (χ3n) is 6.25. The summed E-state index contributed by atoms with van der Waals surface area (Å²) < 4.78 is 0. The zero-order chi connectivity index (χ0) is 12.6. The minimum atomic E-state index is -0.600. The molecule has 0 heterocycles. The van der Waals surface area contributed by atoms with Gasteiger partial charge in [-0.25, -0.2) is 0 Å². The smallest absolute Gasteiger partial charge is 0.0747 e. The van der Waals surface area contributed by atoms with E-state index in [4.69, 9.17) is 0 Å². The predicted molar refractivity (Wildman–Crippen MR) is 67.4 cm³/mol. The van der Waals surface area contributed by atoms with Crippen molar-refractivity contribution in [3.8, 4) is 0 Å². The van der Waals surface area contributed by atoms with Crippen molar-refractivity contribution in [2.75, 3.05) is 0 Å². The first-order valence-corrected chi connectivity index (χ1v) is 6.81. The van der Waals surface area contributed by atoms with Gasteiger partial charge >= 0.3 is 0 Å². The van der Waals surface area contributed by atoms with E-state index in [-0.39, 0.29) is 22.9 Å². The molecule has 96 valence electrons. The zero-order valence-electron chi connectivity index (χ0n) is 11.2. The minimum Gasteiger partial charge on any atom is -0.392 e. The third-order valence-corrected chi connectivity index (χ3v) is 6.25. The Labute approximate surface area is 104 Å². The van der Waals surface area contributed by atoms with E-state index in [0.29, 0.717) is 5.92 Å². The second-order valence-electron chi connectivity index (χ2n) is 7.47. The molecule has 0 bridgehead atoms. The van der Waals surface area contributed by atoms with Crippen LogP contribution in [0.25, 0.3) is 0 Å². The molecule has 2 heteroatoms. The molecule has 2 N–H and O–H groups in total. The molecule has 3 fully saturated rings. The normalized spacial score (nSPS) is 56.1. The molecule has 17 heavy (non-hydrogen) atoms. The van der Waals surface area contributed by atoms with E-state index in [1.807, 2.05) is 0 Å². The van der Waals surface area contributed by atoms with E-state index < -0.39 is 5.60 Å². The Morgan fingerprint density at radius 3 is 2.53 bits per heavy atom. The van der Waals surface area contributed by atoms with Crippen LogP contribution in [0.5, 0.6) is 0 Å². The summed E-state index contributed by atoms with van der Waals surface area (Å²) in [6, 6.07) is 0. The van der Waals surface area contributed by atoms with Gasteiger partial charge in [-0.1, -0.05) is 32.9 Å². The van der Waals surface area contributed by atoms with Crippen molar-refractivity contribution < 1.29 is 10.2 Å². The molecule has 3 rings (SSSR count). The maximum Gasteiger partial charge on any atom is 0.0747 e. The lowest BCUT2D eigenvalue weighted by Gasteiger charge is -2.41. The maximum atomic E-state index is 10.9. The number of hydrogen-bond acceptors (Lipinski definition) is 2. The summed E-state index contributed by atoms with van der Waals surface area (Å²) >= 11 is 0. The summed E-state index contributed by atoms with van der Waals surface area (Å²) in [5.41, 5.74) is 0.286. The second-order valence-corrected chi connectivity index (χ2v) is 7.47. The second kappa shape index (κ2) is 2.97. The highest BCUT2D eigenvalue weighted by molar-refractivity contribution is 5.32. The molecule has 0 aromatic carbocycles. The molecule has 0 amide bonds. The Morgan fingerprint density at radius 1 is 1.24 bits per heavy atom. The number of fused-ring (bicyclic) bond motifs is 3. The van der Waals surface area contributed by atoms with Crippen LogP contribution in [-0.2, 0) is 0 Å². The van der Waals surface area contributed by atoms with Crippen molar-refractivity contribution in [2.45, 2.75) is 58.2 Å². The van der Waals surface area contributed by atoms with Crippen LogP contribution in [0.3, 0.4) is 0 Å². The lowest BCUT2D eigenvalue weighted by atomic mass is 9.67. The van der Waals surface area contributed by atoms with Gasteiger partial charge in [-0.2, -0.15) is 0 Å². The Morgan fingerprint density at radius 2 is 1.88 bits per heavy atom.